The van der Waals surface area contributed by atoms with Crippen molar-refractivity contribution in [1.82, 2.24) is 19.8 Å². The lowest BCUT2D eigenvalue weighted by Gasteiger charge is -2.11. The number of ether oxygens (including phenoxy) is 3. The number of methoxy groups -OCH3 is 2. The molecule has 2 aromatic carbocycles. The van der Waals surface area contributed by atoms with E-state index in [9.17, 15) is 4.79 Å². The maximum Gasteiger partial charge on any atom is 0.262 e. The quantitative estimate of drug-likeness (QED) is 0.505. The minimum absolute atomic E-state index is 0.161. The minimum atomic E-state index is -0.295. The average molecular weight is 405 g/mol. The number of carbonyl (C=O) groups excluding carboxylic acids is 1. The molecule has 0 radical (unpaired) electrons. The second kappa shape index (κ2) is 8.48. The third kappa shape index (κ3) is 4.30. The van der Waals surface area contributed by atoms with Gasteiger partial charge in [0, 0.05) is 29.4 Å². The number of aromatic nitrogens is 4. The van der Waals surface area contributed by atoms with E-state index in [0.717, 1.165) is 11.3 Å². The predicted molar refractivity (Wildman–Crippen MR) is 110 cm³/mol. The molecular weight excluding hydrogens is 386 g/mol. The van der Waals surface area contributed by atoms with Crippen LogP contribution < -0.4 is 19.5 Å². The van der Waals surface area contributed by atoms with Gasteiger partial charge in [-0.1, -0.05) is 12.1 Å². The van der Waals surface area contributed by atoms with Gasteiger partial charge in [0.05, 0.1) is 19.9 Å². The molecule has 4 aromatic rings. The number of hydrogen-bond acceptors (Lipinski definition) is 7. The Morgan fingerprint density at radius 1 is 1.00 bits per heavy atom. The summed E-state index contributed by atoms with van der Waals surface area (Å²) in [6.45, 7) is -0.161. The third-order valence-electron chi connectivity index (χ3n) is 4.30. The van der Waals surface area contributed by atoms with Crippen molar-refractivity contribution in [3.63, 3.8) is 0 Å². The van der Waals surface area contributed by atoms with Crippen LogP contribution in [0, 0.1) is 0 Å². The monoisotopic (exact) mass is 405 g/mol. The Hall–Kier alpha value is -4.14. The Morgan fingerprint density at radius 3 is 2.53 bits per heavy atom. The van der Waals surface area contributed by atoms with Gasteiger partial charge in [-0.3, -0.25) is 4.79 Å². The second-order valence-electron chi connectivity index (χ2n) is 6.32. The van der Waals surface area contributed by atoms with Crippen LogP contribution in [0.1, 0.15) is 0 Å². The van der Waals surface area contributed by atoms with Crippen molar-refractivity contribution in [2.75, 3.05) is 26.1 Å². The first kappa shape index (κ1) is 19.2. The summed E-state index contributed by atoms with van der Waals surface area (Å²) in [5.41, 5.74) is 2.88. The molecule has 0 fully saturated rings. The molecule has 1 amide bonds. The molecule has 0 spiro atoms. The van der Waals surface area contributed by atoms with Gasteiger partial charge in [0.15, 0.2) is 12.3 Å². The summed E-state index contributed by atoms with van der Waals surface area (Å²) >= 11 is 0. The van der Waals surface area contributed by atoms with E-state index in [1.807, 2.05) is 30.3 Å². The fourth-order valence-corrected chi connectivity index (χ4v) is 2.85. The number of anilines is 1. The van der Waals surface area contributed by atoms with E-state index in [2.05, 4.69) is 20.6 Å². The lowest BCUT2D eigenvalue weighted by atomic mass is 10.1. The summed E-state index contributed by atoms with van der Waals surface area (Å²) in [5.74, 6) is 1.34. The number of nitrogens with one attached hydrogen (secondary N) is 1. The van der Waals surface area contributed by atoms with Gasteiger partial charge in [-0.05, 0) is 24.3 Å². The lowest BCUT2D eigenvalue weighted by Crippen LogP contribution is -2.20. The molecule has 0 bridgehead atoms. The molecule has 0 unspecified atom stereocenters. The van der Waals surface area contributed by atoms with Crippen LogP contribution in [0.5, 0.6) is 17.2 Å². The highest BCUT2D eigenvalue weighted by atomic mass is 16.5. The summed E-state index contributed by atoms with van der Waals surface area (Å²) in [7, 11) is 3.10. The van der Waals surface area contributed by atoms with Gasteiger partial charge < -0.3 is 19.5 Å². The van der Waals surface area contributed by atoms with Gasteiger partial charge in [0.2, 0.25) is 0 Å². The van der Waals surface area contributed by atoms with Gasteiger partial charge in [0.1, 0.15) is 23.6 Å². The molecular formula is C21H19N5O4. The number of benzene rings is 2. The van der Waals surface area contributed by atoms with Crippen LogP contribution in [0.3, 0.4) is 0 Å². The maximum absolute atomic E-state index is 12.3. The second-order valence-corrected chi connectivity index (χ2v) is 6.32. The topological polar surface area (TPSA) is 99.9 Å². The molecule has 0 atom stereocenters. The van der Waals surface area contributed by atoms with Crippen molar-refractivity contribution < 1.29 is 19.0 Å². The van der Waals surface area contributed by atoms with Crippen molar-refractivity contribution in [1.29, 1.82) is 0 Å². The van der Waals surface area contributed by atoms with Gasteiger partial charge in [-0.2, -0.15) is 9.61 Å². The fourth-order valence-electron chi connectivity index (χ4n) is 2.85. The average Bonchev–Trinajstić information content (AvgIpc) is 3.25. The van der Waals surface area contributed by atoms with E-state index in [4.69, 9.17) is 14.2 Å². The molecule has 2 aromatic heterocycles. The van der Waals surface area contributed by atoms with Crippen molar-refractivity contribution in [2.45, 2.75) is 0 Å². The van der Waals surface area contributed by atoms with Crippen LogP contribution in [0.2, 0.25) is 0 Å². The largest absolute Gasteiger partial charge is 0.496 e. The first-order chi connectivity index (χ1) is 14.6. The standard InChI is InChI=1S/C21H19N5O4/c1-28-16-9-17(29-2)11-18(10-16)30-12-21(27)23-15-5-3-4-14(8-15)19-6-7-20-24-22-13-26(20)25-19/h3-11,13H,12H2,1-2H3,(H,23,27). The summed E-state index contributed by atoms with van der Waals surface area (Å²) in [6.07, 6.45) is 1.54. The van der Waals surface area contributed by atoms with E-state index in [-0.39, 0.29) is 12.5 Å². The molecule has 0 saturated carbocycles. The number of amides is 1. The molecule has 0 aliphatic carbocycles. The molecule has 152 valence electrons. The molecule has 9 heteroatoms. The number of nitrogens with zero attached hydrogens (tertiary/aromatic N) is 4. The van der Waals surface area contributed by atoms with Crippen molar-refractivity contribution in [3.05, 3.63) is 60.9 Å². The number of fused-ring (bicyclic) bond motifs is 1. The summed E-state index contributed by atoms with van der Waals surface area (Å²) in [4.78, 5) is 12.3. The first-order valence-corrected chi connectivity index (χ1v) is 9.08. The molecule has 4 rings (SSSR count). The smallest absolute Gasteiger partial charge is 0.262 e. The third-order valence-corrected chi connectivity index (χ3v) is 4.30. The molecule has 9 nitrogen and oxygen atoms in total. The zero-order valence-electron chi connectivity index (χ0n) is 16.4. The Kier molecular flexibility index (Phi) is 5.42. The van der Waals surface area contributed by atoms with Gasteiger partial charge in [0.25, 0.3) is 5.91 Å². The van der Waals surface area contributed by atoms with Crippen molar-refractivity contribution in [3.8, 4) is 28.5 Å². The van der Waals surface area contributed by atoms with Crippen LogP contribution in [0.4, 0.5) is 5.69 Å². The summed E-state index contributed by atoms with van der Waals surface area (Å²) in [6, 6.07) is 16.2. The molecule has 1 N–H and O–H groups in total. The van der Waals surface area contributed by atoms with Crippen LogP contribution in [-0.2, 0) is 4.79 Å². The van der Waals surface area contributed by atoms with Gasteiger partial charge in [-0.25, -0.2) is 0 Å². The van der Waals surface area contributed by atoms with Gasteiger partial charge >= 0.3 is 0 Å². The van der Waals surface area contributed by atoms with Crippen LogP contribution >= 0.6 is 0 Å². The SMILES string of the molecule is COc1cc(OC)cc(OCC(=O)Nc2cccc(-c3ccc4nncn4n3)c2)c1. The lowest BCUT2D eigenvalue weighted by molar-refractivity contribution is -0.118. The van der Waals surface area contributed by atoms with E-state index >= 15 is 0 Å². The zero-order chi connectivity index (χ0) is 20.9. The number of carbonyl (C=O) groups is 1. The maximum atomic E-state index is 12.3. The Morgan fingerprint density at radius 2 is 1.77 bits per heavy atom. The van der Waals surface area contributed by atoms with Crippen LogP contribution in [-0.4, -0.2) is 46.5 Å². The highest BCUT2D eigenvalue weighted by Crippen LogP contribution is 2.27. The highest BCUT2D eigenvalue weighted by Gasteiger charge is 2.09. The van der Waals surface area contributed by atoms with E-state index in [1.165, 1.54) is 6.33 Å². The zero-order valence-corrected chi connectivity index (χ0v) is 16.4. The molecule has 0 aliphatic rings. The van der Waals surface area contributed by atoms with Crippen molar-refractivity contribution >= 4 is 17.2 Å². The Balaban J connectivity index is 1.43. The summed E-state index contributed by atoms with van der Waals surface area (Å²) in [5, 5.41) is 15.1. The van der Waals surface area contributed by atoms with Crippen LogP contribution in [0.25, 0.3) is 16.9 Å². The molecule has 0 aliphatic heterocycles. The van der Waals surface area contributed by atoms with E-state index in [0.29, 0.717) is 28.6 Å². The first-order valence-electron chi connectivity index (χ1n) is 9.08. The summed E-state index contributed by atoms with van der Waals surface area (Å²) < 4.78 is 17.6. The van der Waals surface area contributed by atoms with E-state index in [1.54, 1.807) is 43.0 Å². The van der Waals surface area contributed by atoms with Crippen LogP contribution in [0.15, 0.2) is 60.9 Å². The number of hydrogen-bond donors (Lipinski definition) is 1. The minimum Gasteiger partial charge on any atom is -0.496 e. The predicted octanol–water partition coefficient (Wildman–Crippen LogP) is 2.83. The number of rotatable bonds is 7. The Labute approximate surface area is 172 Å². The van der Waals surface area contributed by atoms with Crippen molar-refractivity contribution in [2.24, 2.45) is 0 Å². The fraction of sp³-hybridized carbons (Fsp3) is 0.143. The molecule has 30 heavy (non-hydrogen) atoms. The molecule has 2 heterocycles. The highest BCUT2D eigenvalue weighted by molar-refractivity contribution is 5.92. The van der Waals surface area contributed by atoms with E-state index < -0.39 is 0 Å². The Bertz CT molecular complexity index is 1170. The van der Waals surface area contributed by atoms with Gasteiger partial charge in [-0.15, -0.1) is 10.2 Å². The normalized spacial score (nSPS) is 10.6. The molecule has 0 saturated heterocycles.